The highest BCUT2D eigenvalue weighted by Crippen LogP contribution is 2.11. The number of benzene rings is 1. The van der Waals surface area contributed by atoms with Gasteiger partial charge in [-0.3, -0.25) is 0 Å². The predicted molar refractivity (Wildman–Crippen MR) is 49.0 cm³/mol. The highest BCUT2D eigenvalue weighted by molar-refractivity contribution is 5.34. The zero-order valence-corrected chi connectivity index (χ0v) is 7.53. The number of nitrogens with zero attached hydrogens (tertiary/aromatic N) is 1. The maximum absolute atomic E-state index is 13.2. The summed E-state index contributed by atoms with van der Waals surface area (Å²) >= 11 is 0. The maximum atomic E-state index is 13.2. The van der Waals surface area contributed by atoms with E-state index in [1.54, 1.807) is 19.1 Å². The van der Waals surface area contributed by atoms with Crippen molar-refractivity contribution in [2.45, 2.75) is 6.92 Å². The molecule has 14 heavy (non-hydrogen) atoms. The second-order valence-electron chi connectivity index (χ2n) is 2.97. The van der Waals surface area contributed by atoms with Crippen LogP contribution in [0.5, 0.6) is 0 Å². The number of rotatable bonds is 1. The first kappa shape index (κ1) is 8.74. The van der Waals surface area contributed by atoms with Gasteiger partial charge in [0.2, 0.25) is 0 Å². The summed E-state index contributed by atoms with van der Waals surface area (Å²) in [5.74, 6) is -0.858. The van der Waals surface area contributed by atoms with Crippen molar-refractivity contribution in [2.75, 3.05) is 0 Å². The Kier molecular flexibility index (Phi) is 1.96. The summed E-state index contributed by atoms with van der Waals surface area (Å²) in [5, 5.41) is 0. The van der Waals surface area contributed by atoms with E-state index in [0.29, 0.717) is 11.3 Å². The molecule has 1 aromatic carbocycles. The Hall–Kier alpha value is -1.84. The van der Waals surface area contributed by atoms with Crippen LogP contribution in [0.25, 0.3) is 5.69 Å². The monoisotopic (exact) mass is 193 g/mol. The Morgan fingerprint density at radius 1 is 1.43 bits per heavy atom. The van der Waals surface area contributed by atoms with Gasteiger partial charge in [0.25, 0.3) is 0 Å². The summed E-state index contributed by atoms with van der Waals surface area (Å²) in [6.07, 6.45) is 2.71. The van der Waals surface area contributed by atoms with Crippen LogP contribution in [0.1, 0.15) is 5.56 Å². The highest BCUT2D eigenvalue weighted by Gasteiger charge is 2.04. The molecular weight excluding hydrogens is 185 g/mol. The maximum Gasteiger partial charge on any atom is 0.423 e. The topological polar surface area (TPSA) is 35.1 Å². The first-order valence-corrected chi connectivity index (χ1v) is 4.11. The molecule has 1 aromatic heterocycles. The normalized spacial score (nSPS) is 10.4. The van der Waals surface area contributed by atoms with E-state index in [0.717, 1.165) is 0 Å². The molecule has 0 aliphatic rings. The van der Waals surface area contributed by atoms with Crippen LogP contribution in [-0.4, -0.2) is 4.57 Å². The number of hydrogen-bond donors (Lipinski definition) is 0. The van der Waals surface area contributed by atoms with Crippen molar-refractivity contribution in [3.63, 3.8) is 0 Å². The SMILES string of the molecule is Cc1ccc(-n2ccoc2=O)cc1F. The third kappa shape index (κ3) is 1.35. The molecule has 0 radical (unpaired) electrons. The molecule has 0 saturated carbocycles. The summed E-state index contributed by atoms with van der Waals surface area (Å²) in [6, 6.07) is 4.58. The Balaban J connectivity index is 2.59. The molecule has 2 rings (SSSR count). The summed E-state index contributed by atoms with van der Waals surface area (Å²) in [7, 11) is 0. The molecule has 3 nitrogen and oxygen atoms in total. The zero-order chi connectivity index (χ0) is 10.1. The molecule has 0 N–H and O–H groups in total. The van der Waals surface area contributed by atoms with Crippen molar-refractivity contribution < 1.29 is 8.81 Å². The van der Waals surface area contributed by atoms with Crippen LogP contribution in [0.2, 0.25) is 0 Å². The molecule has 4 heteroatoms. The van der Waals surface area contributed by atoms with E-state index in [4.69, 9.17) is 0 Å². The molecule has 0 atom stereocenters. The van der Waals surface area contributed by atoms with Gasteiger partial charge in [-0.15, -0.1) is 0 Å². The van der Waals surface area contributed by atoms with E-state index < -0.39 is 5.76 Å². The first-order valence-electron chi connectivity index (χ1n) is 4.11. The summed E-state index contributed by atoms with van der Waals surface area (Å²) in [6.45, 7) is 1.66. The summed E-state index contributed by atoms with van der Waals surface area (Å²) in [4.78, 5) is 11.1. The Morgan fingerprint density at radius 2 is 2.21 bits per heavy atom. The molecule has 0 spiro atoms. The van der Waals surface area contributed by atoms with Gasteiger partial charge in [0.05, 0.1) is 11.9 Å². The minimum absolute atomic E-state index is 0.337. The van der Waals surface area contributed by atoms with E-state index in [-0.39, 0.29) is 5.82 Å². The first-order chi connectivity index (χ1) is 6.68. The van der Waals surface area contributed by atoms with Crippen molar-refractivity contribution in [2.24, 2.45) is 0 Å². The minimum atomic E-state index is -0.520. The number of halogens is 1. The second-order valence-corrected chi connectivity index (χ2v) is 2.97. The van der Waals surface area contributed by atoms with Crippen molar-refractivity contribution in [1.82, 2.24) is 4.57 Å². The largest absolute Gasteiger partial charge is 0.423 e. The molecule has 72 valence electrons. The quantitative estimate of drug-likeness (QED) is 0.693. The van der Waals surface area contributed by atoms with Crippen molar-refractivity contribution in [3.8, 4) is 5.69 Å². The number of oxazole rings is 1. The molecule has 0 unspecified atom stereocenters. The van der Waals surface area contributed by atoms with Crippen LogP contribution < -0.4 is 5.76 Å². The Bertz CT molecular complexity index is 513. The lowest BCUT2D eigenvalue weighted by Gasteiger charge is -2.01. The van der Waals surface area contributed by atoms with Crippen LogP contribution in [0.4, 0.5) is 4.39 Å². The molecule has 0 bridgehead atoms. The van der Waals surface area contributed by atoms with Gasteiger partial charge in [-0.1, -0.05) is 6.07 Å². The predicted octanol–water partition coefficient (Wildman–Crippen LogP) is 1.88. The fraction of sp³-hybridized carbons (Fsp3) is 0.100. The molecule has 0 amide bonds. The molecule has 0 saturated heterocycles. The molecular formula is C10H8FNO2. The molecule has 0 fully saturated rings. The number of aryl methyl sites for hydroxylation is 1. The standard InChI is InChI=1S/C10H8FNO2/c1-7-2-3-8(6-9(7)11)12-4-5-14-10(12)13/h2-6H,1H3. The van der Waals surface area contributed by atoms with Crippen LogP contribution in [0.3, 0.4) is 0 Å². The van der Waals surface area contributed by atoms with Gasteiger partial charge < -0.3 is 4.42 Å². The smallest absolute Gasteiger partial charge is 0.416 e. The van der Waals surface area contributed by atoms with E-state index in [9.17, 15) is 9.18 Å². The summed E-state index contributed by atoms with van der Waals surface area (Å²) < 4.78 is 19.0. The lowest BCUT2D eigenvalue weighted by atomic mass is 10.2. The molecule has 2 aromatic rings. The van der Waals surface area contributed by atoms with Crippen molar-refractivity contribution in [3.05, 3.63) is 52.6 Å². The fourth-order valence-corrected chi connectivity index (χ4v) is 1.19. The average molecular weight is 193 g/mol. The third-order valence-corrected chi connectivity index (χ3v) is 2.01. The zero-order valence-electron chi connectivity index (χ0n) is 7.53. The van der Waals surface area contributed by atoms with Gasteiger partial charge in [0, 0.05) is 0 Å². The number of hydrogen-bond acceptors (Lipinski definition) is 2. The summed E-state index contributed by atoms with van der Waals surface area (Å²) in [5.41, 5.74) is 1.01. The van der Waals surface area contributed by atoms with E-state index in [1.807, 2.05) is 0 Å². The van der Waals surface area contributed by atoms with E-state index >= 15 is 0 Å². The van der Waals surface area contributed by atoms with Crippen molar-refractivity contribution >= 4 is 0 Å². The third-order valence-electron chi connectivity index (χ3n) is 2.01. The van der Waals surface area contributed by atoms with E-state index in [2.05, 4.69) is 4.42 Å². The van der Waals surface area contributed by atoms with Gasteiger partial charge in [0.1, 0.15) is 12.1 Å². The molecule has 1 heterocycles. The number of aromatic nitrogens is 1. The Morgan fingerprint density at radius 3 is 2.79 bits per heavy atom. The lowest BCUT2D eigenvalue weighted by Crippen LogP contribution is -2.11. The van der Waals surface area contributed by atoms with Gasteiger partial charge >= 0.3 is 5.76 Å². The second kappa shape index (κ2) is 3.14. The minimum Gasteiger partial charge on any atom is -0.416 e. The van der Waals surface area contributed by atoms with Crippen LogP contribution in [-0.2, 0) is 0 Å². The Labute approximate surface area is 79.4 Å². The van der Waals surface area contributed by atoms with Crippen LogP contribution >= 0.6 is 0 Å². The van der Waals surface area contributed by atoms with Gasteiger partial charge in [0.15, 0.2) is 0 Å². The van der Waals surface area contributed by atoms with E-state index in [1.165, 1.54) is 23.1 Å². The highest BCUT2D eigenvalue weighted by atomic mass is 19.1. The van der Waals surface area contributed by atoms with Crippen LogP contribution in [0, 0.1) is 12.7 Å². The van der Waals surface area contributed by atoms with Crippen LogP contribution in [0.15, 0.2) is 39.9 Å². The van der Waals surface area contributed by atoms with Crippen molar-refractivity contribution in [1.29, 1.82) is 0 Å². The van der Waals surface area contributed by atoms with Gasteiger partial charge in [-0.2, -0.15) is 0 Å². The lowest BCUT2D eigenvalue weighted by molar-refractivity contribution is 0.503. The fourth-order valence-electron chi connectivity index (χ4n) is 1.19. The molecule has 0 aliphatic heterocycles. The van der Waals surface area contributed by atoms with Gasteiger partial charge in [-0.25, -0.2) is 13.8 Å². The van der Waals surface area contributed by atoms with Gasteiger partial charge in [-0.05, 0) is 24.6 Å². The average Bonchev–Trinajstić information content (AvgIpc) is 2.57. The molecule has 0 aliphatic carbocycles.